The highest BCUT2D eigenvalue weighted by Crippen LogP contribution is 2.33. The Morgan fingerprint density at radius 1 is 1.33 bits per heavy atom. The average Bonchev–Trinajstić information content (AvgIpc) is 2.98. The van der Waals surface area contributed by atoms with Gasteiger partial charge in [0.05, 0.1) is 24.6 Å². The summed E-state index contributed by atoms with van der Waals surface area (Å²) >= 11 is 1.68. The molecule has 0 radical (unpaired) electrons. The molecule has 2 aromatic heterocycles. The summed E-state index contributed by atoms with van der Waals surface area (Å²) in [5.41, 5.74) is 1.20. The molecule has 3 rings (SSSR count). The van der Waals surface area contributed by atoms with Crippen LogP contribution in [0.15, 0.2) is 4.79 Å². The molecular weight excluding hydrogens is 362 g/mol. The van der Waals surface area contributed by atoms with E-state index >= 15 is 0 Å². The number of fused-ring (bicyclic) bond motifs is 3. The molecule has 1 unspecified atom stereocenters. The van der Waals surface area contributed by atoms with Gasteiger partial charge in [0.25, 0.3) is 5.56 Å². The minimum Gasteiger partial charge on any atom is -0.389 e. The molecule has 7 heteroatoms. The van der Waals surface area contributed by atoms with Gasteiger partial charge in [0.1, 0.15) is 10.7 Å². The van der Waals surface area contributed by atoms with Gasteiger partial charge in [-0.2, -0.15) is 0 Å². The van der Waals surface area contributed by atoms with Gasteiger partial charge in [0, 0.05) is 18.5 Å². The highest BCUT2D eigenvalue weighted by Gasteiger charge is 2.21. The molecule has 0 spiro atoms. The Bertz CT molecular complexity index is 815. The van der Waals surface area contributed by atoms with Gasteiger partial charge in [-0.1, -0.05) is 13.8 Å². The van der Waals surface area contributed by atoms with E-state index in [1.165, 1.54) is 16.9 Å². The summed E-state index contributed by atoms with van der Waals surface area (Å²) in [6.07, 6.45) is 4.88. The number of H-pyrrole nitrogens is 1. The number of hydrogen-bond donors (Lipinski definition) is 2. The summed E-state index contributed by atoms with van der Waals surface area (Å²) in [7, 11) is 1.59. The van der Waals surface area contributed by atoms with E-state index in [4.69, 9.17) is 9.72 Å². The number of nitrogens with one attached hydrogen (secondary N) is 1. The summed E-state index contributed by atoms with van der Waals surface area (Å²) in [6.45, 7) is 6.56. The van der Waals surface area contributed by atoms with E-state index in [1.807, 2.05) is 0 Å². The lowest BCUT2D eigenvalue weighted by Gasteiger charge is -2.25. The van der Waals surface area contributed by atoms with Crippen molar-refractivity contribution < 1.29 is 9.84 Å². The molecule has 0 aromatic carbocycles. The summed E-state index contributed by atoms with van der Waals surface area (Å²) < 4.78 is 5.06. The number of aliphatic hydroxyl groups excluding tert-OH is 1. The minimum atomic E-state index is -0.549. The van der Waals surface area contributed by atoms with Crippen LogP contribution < -0.4 is 5.56 Å². The van der Waals surface area contributed by atoms with E-state index in [0.717, 1.165) is 42.4 Å². The van der Waals surface area contributed by atoms with Gasteiger partial charge in [-0.05, 0) is 50.1 Å². The number of aliphatic hydroxyl groups is 1. The predicted molar refractivity (Wildman–Crippen MR) is 109 cm³/mol. The fourth-order valence-electron chi connectivity index (χ4n) is 3.71. The van der Waals surface area contributed by atoms with Gasteiger partial charge in [-0.25, -0.2) is 4.98 Å². The van der Waals surface area contributed by atoms with Crippen molar-refractivity contribution >= 4 is 21.6 Å². The van der Waals surface area contributed by atoms with Crippen molar-refractivity contribution in [1.29, 1.82) is 0 Å². The lowest BCUT2D eigenvalue weighted by molar-refractivity contribution is 0.0342. The molecule has 2 N–H and O–H groups in total. The number of nitrogens with zero attached hydrogens (tertiary/aromatic N) is 2. The third-order valence-corrected chi connectivity index (χ3v) is 6.28. The van der Waals surface area contributed by atoms with E-state index in [1.54, 1.807) is 18.4 Å². The molecule has 150 valence electrons. The van der Waals surface area contributed by atoms with Crippen LogP contribution in [0.3, 0.4) is 0 Å². The number of ether oxygens (including phenoxy) is 1. The molecule has 2 heterocycles. The zero-order chi connectivity index (χ0) is 19.4. The van der Waals surface area contributed by atoms with E-state index < -0.39 is 6.10 Å². The topological polar surface area (TPSA) is 78.5 Å². The Labute approximate surface area is 164 Å². The number of aryl methyl sites for hydroxylation is 2. The fraction of sp³-hybridized carbons (Fsp3) is 0.700. The van der Waals surface area contributed by atoms with Crippen LogP contribution >= 0.6 is 11.3 Å². The maximum Gasteiger partial charge on any atom is 0.259 e. The van der Waals surface area contributed by atoms with Crippen LogP contribution in [0.4, 0.5) is 0 Å². The first-order valence-electron chi connectivity index (χ1n) is 9.90. The maximum atomic E-state index is 12.7. The van der Waals surface area contributed by atoms with Gasteiger partial charge < -0.3 is 14.8 Å². The van der Waals surface area contributed by atoms with Crippen LogP contribution in [0.25, 0.3) is 10.2 Å². The van der Waals surface area contributed by atoms with E-state index in [2.05, 4.69) is 23.7 Å². The minimum absolute atomic E-state index is 0.0179. The van der Waals surface area contributed by atoms with Gasteiger partial charge >= 0.3 is 0 Å². The lowest BCUT2D eigenvalue weighted by atomic mass is 9.97. The van der Waals surface area contributed by atoms with Crippen LogP contribution in [-0.2, 0) is 24.1 Å². The highest BCUT2D eigenvalue weighted by molar-refractivity contribution is 7.18. The third kappa shape index (κ3) is 5.16. The molecule has 1 aliphatic carbocycles. The normalized spacial score (nSPS) is 15.6. The van der Waals surface area contributed by atoms with Crippen molar-refractivity contribution in [3.63, 3.8) is 0 Å². The van der Waals surface area contributed by atoms with Crippen LogP contribution in [0.1, 0.15) is 49.4 Å². The molecular formula is C20H31N3O3S. The summed E-state index contributed by atoms with van der Waals surface area (Å²) in [6, 6.07) is 0. The largest absolute Gasteiger partial charge is 0.389 e. The molecule has 0 amide bonds. The second-order valence-corrected chi connectivity index (χ2v) is 9.01. The van der Waals surface area contributed by atoms with Crippen molar-refractivity contribution in [3.05, 3.63) is 26.6 Å². The zero-order valence-electron chi connectivity index (χ0n) is 16.6. The van der Waals surface area contributed by atoms with E-state index in [9.17, 15) is 9.90 Å². The molecule has 0 bridgehead atoms. The molecule has 0 saturated heterocycles. The molecule has 0 fully saturated rings. The first-order valence-corrected chi connectivity index (χ1v) is 10.7. The Morgan fingerprint density at radius 2 is 2.11 bits per heavy atom. The van der Waals surface area contributed by atoms with Crippen LogP contribution in [-0.4, -0.2) is 52.9 Å². The maximum absolute atomic E-state index is 12.7. The number of hydrogen-bond acceptors (Lipinski definition) is 6. The van der Waals surface area contributed by atoms with Crippen molar-refractivity contribution in [3.8, 4) is 0 Å². The van der Waals surface area contributed by atoms with E-state index in [-0.39, 0.29) is 5.56 Å². The van der Waals surface area contributed by atoms with Gasteiger partial charge in [0.15, 0.2) is 0 Å². The summed E-state index contributed by atoms with van der Waals surface area (Å²) in [5, 5.41) is 10.9. The van der Waals surface area contributed by atoms with Crippen LogP contribution in [0.5, 0.6) is 0 Å². The number of rotatable bonds is 9. The number of aromatic amines is 1. The van der Waals surface area contributed by atoms with Crippen molar-refractivity contribution in [2.45, 2.75) is 58.6 Å². The zero-order valence-corrected chi connectivity index (χ0v) is 17.4. The number of methoxy groups -OCH3 is 1. The second kappa shape index (κ2) is 9.28. The predicted octanol–water partition coefficient (Wildman–Crippen LogP) is 2.72. The number of aromatic nitrogens is 2. The molecule has 6 nitrogen and oxygen atoms in total. The standard InChI is InChI=1S/C20H31N3O3S/c1-13(2)8-9-23(10-14(24)12-26-3)11-17-21-19(25)18-15-6-4-5-7-16(15)27-20(18)22-17/h13-14,24H,4-12H2,1-3H3,(H,21,22,25). The molecule has 1 atom stereocenters. The van der Waals surface area contributed by atoms with Gasteiger partial charge in [0.2, 0.25) is 0 Å². The Kier molecular flexibility index (Phi) is 7.03. The molecule has 2 aromatic rings. The SMILES string of the molecule is COCC(O)CN(CCC(C)C)Cc1nc2sc3c(c2c(=O)[nH]1)CCCC3. The van der Waals surface area contributed by atoms with Crippen LogP contribution in [0.2, 0.25) is 0 Å². The van der Waals surface area contributed by atoms with Crippen molar-refractivity contribution in [1.82, 2.24) is 14.9 Å². The fourth-order valence-corrected chi connectivity index (χ4v) is 4.99. The Hall–Kier alpha value is -1.28. The lowest BCUT2D eigenvalue weighted by Crippen LogP contribution is -2.36. The van der Waals surface area contributed by atoms with Gasteiger partial charge in [-0.3, -0.25) is 9.69 Å². The van der Waals surface area contributed by atoms with Crippen LogP contribution in [0, 0.1) is 5.92 Å². The Morgan fingerprint density at radius 3 is 2.85 bits per heavy atom. The van der Waals surface area contributed by atoms with Crippen molar-refractivity contribution in [2.75, 3.05) is 26.8 Å². The first-order chi connectivity index (χ1) is 13.0. The molecule has 1 aliphatic rings. The monoisotopic (exact) mass is 393 g/mol. The summed E-state index contributed by atoms with van der Waals surface area (Å²) in [4.78, 5) is 24.8. The van der Waals surface area contributed by atoms with Crippen molar-refractivity contribution in [2.24, 2.45) is 5.92 Å². The molecule has 27 heavy (non-hydrogen) atoms. The van der Waals surface area contributed by atoms with Gasteiger partial charge in [-0.15, -0.1) is 11.3 Å². The quantitative estimate of drug-likeness (QED) is 0.685. The summed E-state index contributed by atoms with van der Waals surface area (Å²) in [5.74, 6) is 1.25. The Balaban J connectivity index is 1.82. The molecule has 0 aliphatic heterocycles. The average molecular weight is 394 g/mol. The first kappa shape index (κ1) is 20.5. The third-order valence-electron chi connectivity index (χ3n) is 5.10. The second-order valence-electron chi connectivity index (χ2n) is 7.93. The highest BCUT2D eigenvalue weighted by atomic mass is 32.1. The number of thiophene rings is 1. The molecule has 0 saturated carbocycles. The smallest absolute Gasteiger partial charge is 0.259 e. The van der Waals surface area contributed by atoms with E-state index in [0.29, 0.717) is 31.4 Å².